The molecule has 0 aliphatic heterocycles. The van der Waals surface area contributed by atoms with Crippen LogP contribution >= 0.6 is 0 Å². The second-order valence-electron chi connectivity index (χ2n) is 4.78. The third kappa shape index (κ3) is 2.20. The molecule has 0 spiro atoms. The number of carboxylic acid groups (broad SMARTS) is 1. The van der Waals surface area contributed by atoms with E-state index in [-0.39, 0.29) is 6.42 Å². The fourth-order valence-electron chi connectivity index (χ4n) is 2.74. The first-order chi connectivity index (χ1) is 8.07. The molecule has 1 aliphatic rings. The van der Waals surface area contributed by atoms with Gasteiger partial charge in [-0.1, -0.05) is 23.8 Å². The molecule has 1 aliphatic carbocycles. The Hall–Kier alpha value is -1.35. The van der Waals surface area contributed by atoms with Crippen molar-refractivity contribution in [3.63, 3.8) is 0 Å². The number of hydrogen-bond acceptors (Lipinski definition) is 2. The van der Waals surface area contributed by atoms with E-state index < -0.39 is 11.6 Å². The minimum atomic E-state index is -0.804. The van der Waals surface area contributed by atoms with Gasteiger partial charge in [-0.25, -0.2) is 0 Å². The van der Waals surface area contributed by atoms with E-state index in [0.717, 1.165) is 30.4 Å². The lowest BCUT2D eigenvalue weighted by atomic mass is 9.76. The summed E-state index contributed by atoms with van der Waals surface area (Å²) in [6, 6.07) is 6.24. The third-order valence-electron chi connectivity index (χ3n) is 3.61. The maximum absolute atomic E-state index is 11.0. The lowest BCUT2D eigenvalue weighted by Gasteiger charge is -2.37. The number of aliphatic carboxylic acids is 1. The molecule has 17 heavy (non-hydrogen) atoms. The van der Waals surface area contributed by atoms with Crippen LogP contribution in [0.2, 0.25) is 0 Å². The number of methoxy groups -OCH3 is 1. The van der Waals surface area contributed by atoms with Gasteiger partial charge in [-0.3, -0.25) is 4.79 Å². The molecular formula is C14H18O3. The van der Waals surface area contributed by atoms with Crippen LogP contribution in [-0.4, -0.2) is 18.2 Å². The maximum atomic E-state index is 11.0. The Morgan fingerprint density at radius 3 is 2.94 bits per heavy atom. The maximum Gasteiger partial charge on any atom is 0.306 e. The molecule has 92 valence electrons. The molecule has 0 bridgehead atoms. The molecule has 0 fully saturated rings. The minimum absolute atomic E-state index is 0.0416. The van der Waals surface area contributed by atoms with Crippen molar-refractivity contribution in [1.82, 2.24) is 0 Å². The second-order valence-corrected chi connectivity index (χ2v) is 4.78. The zero-order valence-corrected chi connectivity index (χ0v) is 10.3. The van der Waals surface area contributed by atoms with Gasteiger partial charge in [0.15, 0.2) is 0 Å². The monoisotopic (exact) mass is 234 g/mol. The lowest BCUT2D eigenvalue weighted by Crippen LogP contribution is -2.35. The van der Waals surface area contributed by atoms with Crippen molar-refractivity contribution in [2.75, 3.05) is 7.11 Å². The third-order valence-corrected chi connectivity index (χ3v) is 3.61. The molecule has 0 radical (unpaired) electrons. The molecule has 0 heterocycles. The smallest absolute Gasteiger partial charge is 0.306 e. The van der Waals surface area contributed by atoms with E-state index in [1.807, 2.05) is 6.92 Å². The first-order valence-corrected chi connectivity index (χ1v) is 5.94. The summed E-state index contributed by atoms with van der Waals surface area (Å²) in [6.07, 6.45) is 2.82. The Kier molecular flexibility index (Phi) is 3.20. The van der Waals surface area contributed by atoms with E-state index in [1.54, 1.807) is 7.11 Å². The average Bonchev–Trinajstić information content (AvgIpc) is 2.29. The summed E-state index contributed by atoms with van der Waals surface area (Å²) < 4.78 is 5.59. The topological polar surface area (TPSA) is 46.5 Å². The zero-order chi connectivity index (χ0) is 12.5. The van der Waals surface area contributed by atoms with Gasteiger partial charge in [-0.2, -0.15) is 0 Å². The van der Waals surface area contributed by atoms with Gasteiger partial charge < -0.3 is 9.84 Å². The number of aryl methyl sites for hydroxylation is 2. The van der Waals surface area contributed by atoms with Crippen molar-refractivity contribution in [1.29, 1.82) is 0 Å². The zero-order valence-electron chi connectivity index (χ0n) is 10.3. The predicted octanol–water partition coefficient (Wildman–Crippen LogP) is 2.65. The first kappa shape index (κ1) is 12.1. The van der Waals surface area contributed by atoms with Crippen molar-refractivity contribution in [2.45, 2.75) is 38.2 Å². The number of fused-ring (bicyclic) bond motifs is 1. The number of ether oxygens (including phenoxy) is 1. The van der Waals surface area contributed by atoms with Crippen LogP contribution in [0, 0.1) is 6.92 Å². The molecule has 0 saturated heterocycles. The fraction of sp³-hybridized carbons (Fsp3) is 0.500. The molecule has 0 amide bonds. The van der Waals surface area contributed by atoms with E-state index in [1.165, 1.54) is 5.56 Å². The number of hydrogen-bond donors (Lipinski definition) is 1. The van der Waals surface area contributed by atoms with Crippen LogP contribution in [0.4, 0.5) is 0 Å². The Morgan fingerprint density at radius 1 is 1.53 bits per heavy atom. The fourth-order valence-corrected chi connectivity index (χ4v) is 2.74. The molecule has 1 aromatic rings. The molecule has 1 aromatic carbocycles. The Bertz CT molecular complexity index is 439. The van der Waals surface area contributed by atoms with Crippen molar-refractivity contribution in [3.05, 3.63) is 34.9 Å². The number of rotatable bonds is 3. The minimum Gasteiger partial charge on any atom is -0.481 e. The van der Waals surface area contributed by atoms with Crippen molar-refractivity contribution in [2.24, 2.45) is 0 Å². The van der Waals surface area contributed by atoms with Gasteiger partial charge in [0.1, 0.15) is 5.60 Å². The number of benzene rings is 1. The highest BCUT2D eigenvalue weighted by Gasteiger charge is 2.38. The second kappa shape index (κ2) is 4.49. The summed E-state index contributed by atoms with van der Waals surface area (Å²) in [5, 5.41) is 9.08. The van der Waals surface area contributed by atoms with Crippen molar-refractivity contribution < 1.29 is 14.6 Å². The van der Waals surface area contributed by atoms with Crippen LogP contribution in [-0.2, 0) is 21.6 Å². The van der Waals surface area contributed by atoms with Crippen LogP contribution < -0.4 is 0 Å². The quantitative estimate of drug-likeness (QED) is 0.874. The van der Waals surface area contributed by atoms with Crippen molar-refractivity contribution >= 4 is 5.97 Å². The average molecular weight is 234 g/mol. The first-order valence-electron chi connectivity index (χ1n) is 5.94. The molecule has 1 atom stereocenters. The number of carboxylic acids is 1. The van der Waals surface area contributed by atoms with Gasteiger partial charge in [0, 0.05) is 7.11 Å². The van der Waals surface area contributed by atoms with E-state index in [0.29, 0.717) is 0 Å². The van der Waals surface area contributed by atoms with Crippen molar-refractivity contribution in [3.8, 4) is 0 Å². The summed E-state index contributed by atoms with van der Waals surface area (Å²) in [7, 11) is 1.61. The normalized spacial score (nSPS) is 23.2. The summed E-state index contributed by atoms with van der Waals surface area (Å²) in [5.41, 5.74) is 2.81. The highest BCUT2D eigenvalue weighted by Crippen LogP contribution is 2.41. The van der Waals surface area contributed by atoms with E-state index in [4.69, 9.17) is 9.84 Å². The highest BCUT2D eigenvalue weighted by atomic mass is 16.5. The van der Waals surface area contributed by atoms with Gasteiger partial charge in [-0.15, -0.1) is 0 Å². The van der Waals surface area contributed by atoms with Gasteiger partial charge in [-0.05, 0) is 37.3 Å². The van der Waals surface area contributed by atoms with Crippen LogP contribution in [0.25, 0.3) is 0 Å². The van der Waals surface area contributed by atoms with Gasteiger partial charge in [0.05, 0.1) is 6.42 Å². The summed E-state index contributed by atoms with van der Waals surface area (Å²) in [5.74, 6) is -0.804. The molecule has 0 saturated carbocycles. The van der Waals surface area contributed by atoms with E-state index in [2.05, 4.69) is 18.2 Å². The van der Waals surface area contributed by atoms with Crippen LogP contribution in [0.1, 0.15) is 36.0 Å². The largest absolute Gasteiger partial charge is 0.481 e. The SMILES string of the molecule is COC1(CC(=O)O)CCCc2ccc(C)cc21. The van der Waals surface area contributed by atoms with Crippen LogP contribution in [0.5, 0.6) is 0 Å². The molecule has 1 unspecified atom stereocenters. The summed E-state index contributed by atoms with van der Waals surface area (Å²) >= 11 is 0. The predicted molar refractivity (Wildman–Crippen MR) is 65.1 cm³/mol. The van der Waals surface area contributed by atoms with E-state index in [9.17, 15) is 4.79 Å². The molecule has 3 heteroatoms. The standard InChI is InChI=1S/C14H18O3/c1-10-5-6-11-4-3-7-14(17-2,9-13(15)16)12(11)8-10/h5-6,8H,3-4,7,9H2,1-2H3,(H,15,16). The summed E-state index contributed by atoms with van der Waals surface area (Å²) in [6.45, 7) is 2.02. The highest BCUT2D eigenvalue weighted by molar-refractivity contribution is 5.69. The van der Waals surface area contributed by atoms with E-state index >= 15 is 0 Å². The molecule has 2 rings (SSSR count). The lowest BCUT2D eigenvalue weighted by molar-refractivity contribution is -0.145. The van der Waals surface area contributed by atoms with Crippen LogP contribution in [0.3, 0.4) is 0 Å². The Morgan fingerprint density at radius 2 is 2.29 bits per heavy atom. The van der Waals surface area contributed by atoms with Gasteiger partial charge in [0.2, 0.25) is 0 Å². The molecule has 0 aromatic heterocycles. The Balaban J connectivity index is 2.49. The Labute approximate surface area is 101 Å². The number of carbonyl (C=O) groups is 1. The molecule has 3 nitrogen and oxygen atoms in total. The van der Waals surface area contributed by atoms with Gasteiger partial charge >= 0.3 is 5.97 Å². The molecule has 1 N–H and O–H groups in total. The van der Waals surface area contributed by atoms with Crippen LogP contribution in [0.15, 0.2) is 18.2 Å². The molecular weight excluding hydrogens is 216 g/mol. The van der Waals surface area contributed by atoms with Gasteiger partial charge in [0.25, 0.3) is 0 Å². The summed E-state index contributed by atoms with van der Waals surface area (Å²) in [4.78, 5) is 11.0.